The van der Waals surface area contributed by atoms with Crippen molar-refractivity contribution in [2.24, 2.45) is 11.1 Å². The molecule has 1 saturated carbocycles. The summed E-state index contributed by atoms with van der Waals surface area (Å²) in [5, 5.41) is 3.39. The Hall–Kier alpha value is -0.570. The smallest absolute Gasteiger partial charge is 0.219 e. The molecule has 0 aliphatic heterocycles. The van der Waals surface area contributed by atoms with E-state index in [-0.39, 0.29) is 16.9 Å². The van der Waals surface area contributed by atoms with E-state index in [2.05, 4.69) is 26.1 Å². The van der Waals surface area contributed by atoms with E-state index in [0.29, 0.717) is 6.42 Å². The van der Waals surface area contributed by atoms with Crippen molar-refractivity contribution in [3.63, 3.8) is 0 Å². The predicted octanol–water partition coefficient (Wildman–Crippen LogP) is 1.03. The molecule has 1 amide bonds. The van der Waals surface area contributed by atoms with Crippen LogP contribution >= 0.6 is 0 Å². The third kappa shape index (κ3) is 2.02. The van der Waals surface area contributed by atoms with E-state index in [1.165, 1.54) is 12.8 Å². The van der Waals surface area contributed by atoms with E-state index in [9.17, 15) is 4.79 Å². The molecular formula is C10H20N2O. The number of nitrogens with two attached hydrogens (primary N) is 1. The first-order chi connectivity index (χ1) is 5.93. The zero-order valence-corrected chi connectivity index (χ0v) is 8.81. The zero-order valence-electron chi connectivity index (χ0n) is 8.81. The molecule has 0 aromatic carbocycles. The molecule has 0 bridgehead atoms. The Morgan fingerprint density at radius 2 is 2.15 bits per heavy atom. The average molecular weight is 184 g/mol. The number of primary amides is 1. The van der Waals surface area contributed by atoms with Crippen molar-refractivity contribution in [2.75, 3.05) is 6.54 Å². The summed E-state index contributed by atoms with van der Waals surface area (Å²) in [6, 6.07) is 0. The second-order valence-electron chi connectivity index (χ2n) is 4.57. The Kier molecular flexibility index (Phi) is 2.66. The van der Waals surface area contributed by atoms with Gasteiger partial charge in [-0.15, -0.1) is 0 Å². The highest BCUT2D eigenvalue weighted by Crippen LogP contribution is 2.54. The number of amides is 1. The summed E-state index contributed by atoms with van der Waals surface area (Å²) < 4.78 is 0. The number of hydrogen-bond acceptors (Lipinski definition) is 2. The van der Waals surface area contributed by atoms with Gasteiger partial charge in [-0.2, -0.15) is 0 Å². The molecule has 13 heavy (non-hydrogen) atoms. The Balaban J connectivity index is 2.68. The first-order valence-electron chi connectivity index (χ1n) is 4.97. The van der Waals surface area contributed by atoms with E-state index in [1.807, 2.05) is 0 Å². The lowest BCUT2D eigenvalue weighted by molar-refractivity contribution is -0.120. The Morgan fingerprint density at radius 1 is 1.62 bits per heavy atom. The van der Waals surface area contributed by atoms with Gasteiger partial charge < -0.3 is 11.1 Å². The van der Waals surface area contributed by atoms with Crippen LogP contribution in [0.4, 0.5) is 0 Å². The minimum Gasteiger partial charge on any atom is -0.370 e. The normalized spacial score (nSPS) is 23.6. The number of nitrogens with one attached hydrogen (secondary N) is 1. The van der Waals surface area contributed by atoms with Crippen molar-refractivity contribution in [2.45, 2.75) is 45.6 Å². The lowest BCUT2D eigenvalue weighted by atomic mass is 9.80. The second kappa shape index (κ2) is 3.29. The molecule has 3 N–H and O–H groups in total. The molecule has 0 radical (unpaired) electrons. The van der Waals surface area contributed by atoms with Gasteiger partial charge in [0.25, 0.3) is 0 Å². The SMILES string of the molecule is CCNC(C)(CC(N)=O)C1(C)CC1. The van der Waals surface area contributed by atoms with Gasteiger partial charge >= 0.3 is 0 Å². The topological polar surface area (TPSA) is 55.1 Å². The van der Waals surface area contributed by atoms with Crippen molar-refractivity contribution < 1.29 is 4.79 Å². The molecule has 0 aromatic rings. The highest BCUT2D eigenvalue weighted by atomic mass is 16.1. The molecule has 3 heteroatoms. The van der Waals surface area contributed by atoms with Crippen LogP contribution in [-0.2, 0) is 4.79 Å². The lowest BCUT2D eigenvalue weighted by Crippen LogP contribution is -2.51. The molecule has 0 saturated heterocycles. The molecule has 1 aliphatic rings. The van der Waals surface area contributed by atoms with E-state index in [1.54, 1.807) is 0 Å². The molecule has 3 nitrogen and oxygen atoms in total. The van der Waals surface area contributed by atoms with Crippen LogP contribution in [0.3, 0.4) is 0 Å². The highest BCUT2D eigenvalue weighted by Gasteiger charge is 2.52. The maximum absolute atomic E-state index is 10.9. The van der Waals surface area contributed by atoms with Crippen molar-refractivity contribution >= 4 is 5.91 Å². The van der Waals surface area contributed by atoms with E-state index in [4.69, 9.17) is 5.73 Å². The largest absolute Gasteiger partial charge is 0.370 e. The van der Waals surface area contributed by atoms with Gasteiger partial charge in [0.2, 0.25) is 5.91 Å². The summed E-state index contributed by atoms with van der Waals surface area (Å²) in [5.74, 6) is -0.212. The van der Waals surface area contributed by atoms with Crippen LogP contribution in [0.1, 0.15) is 40.0 Å². The highest BCUT2D eigenvalue weighted by molar-refractivity contribution is 5.75. The third-order valence-electron chi connectivity index (χ3n) is 3.43. The fourth-order valence-corrected chi connectivity index (χ4v) is 1.97. The van der Waals surface area contributed by atoms with Gasteiger partial charge in [-0.05, 0) is 31.7 Å². The van der Waals surface area contributed by atoms with Crippen LogP contribution in [0.15, 0.2) is 0 Å². The van der Waals surface area contributed by atoms with Gasteiger partial charge in [-0.25, -0.2) is 0 Å². The van der Waals surface area contributed by atoms with Gasteiger partial charge in [0, 0.05) is 12.0 Å². The molecule has 1 rings (SSSR count). The van der Waals surface area contributed by atoms with Crippen LogP contribution in [0.5, 0.6) is 0 Å². The third-order valence-corrected chi connectivity index (χ3v) is 3.43. The van der Waals surface area contributed by atoms with Crippen LogP contribution in [-0.4, -0.2) is 18.0 Å². The number of carbonyl (C=O) groups excluding carboxylic acids is 1. The van der Waals surface area contributed by atoms with E-state index < -0.39 is 0 Å². The Labute approximate surface area is 80.1 Å². The summed E-state index contributed by atoms with van der Waals surface area (Å²) in [4.78, 5) is 10.9. The Bertz CT molecular complexity index is 211. The molecule has 0 spiro atoms. The predicted molar refractivity (Wildman–Crippen MR) is 53.2 cm³/mol. The average Bonchev–Trinajstić information content (AvgIpc) is 2.68. The summed E-state index contributed by atoms with van der Waals surface area (Å²) in [5.41, 5.74) is 5.43. The van der Waals surface area contributed by atoms with Gasteiger partial charge in [-0.1, -0.05) is 13.8 Å². The first-order valence-corrected chi connectivity index (χ1v) is 4.97. The zero-order chi connectivity index (χ0) is 10.1. The van der Waals surface area contributed by atoms with Crippen molar-refractivity contribution in [1.82, 2.24) is 5.32 Å². The number of rotatable bonds is 5. The maximum Gasteiger partial charge on any atom is 0.219 e. The van der Waals surface area contributed by atoms with Crippen molar-refractivity contribution in [3.05, 3.63) is 0 Å². The molecule has 0 heterocycles. The van der Waals surface area contributed by atoms with Crippen LogP contribution in [0.2, 0.25) is 0 Å². The fraction of sp³-hybridized carbons (Fsp3) is 0.900. The van der Waals surface area contributed by atoms with Crippen molar-refractivity contribution in [3.8, 4) is 0 Å². The van der Waals surface area contributed by atoms with Gasteiger partial charge in [-0.3, -0.25) is 4.79 Å². The van der Waals surface area contributed by atoms with Gasteiger partial charge in [0.15, 0.2) is 0 Å². The summed E-state index contributed by atoms with van der Waals surface area (Å²) in [7, 11) is 0. The molecule has 1 fully saturated rings. The molecule has 1 unspecified atom stereocenters. The molecular weight excluding hydrogens is 164 g/mol. The number of carbonyl (C=O) groups is 1. The number of hydrogen-bond donors (Lipinski definition) is 2. The van der Waals surface area contributed by atoms with Crippen LogP contribution in [0.25, 0.3) is 0 Å². The summed E-state index contributed by atoms with van der Waals surface area (Å²) in [6.45, 7) is 7.28. The first kappa shape index (κ1) is 10.5. The standard InChI is InChI=1S/C10H20N2O/c1-4-12-10(3,7-8(11)13)9(2)5-6-9/h12H,4-7H2,1-3H3,(H2,11,13). The van der Waals surface area contributed by atoms with Crippen molar-refractivity contribution in [1.29, 1.82) is 0 Å². The minimum absolute atomic E-state index is 0.104. The van der Waals surface area contributed by atoms with Gasteiger partial charge in [0.05, 0.1) is 0 Å². The monoisotopic (exact) mass is 184 g/mol. The van der Waals surface area contributed by atoms with Crippen LogP contribution in [0, 0.1) is 5.41 Å². The van der Waals surface area contributed by atoms with E-state index >= 15 is 0 Å². The van der Waals surface area contributed by atoms with E-state index in [0.717, 1.165) is 6.54 Å². The minimum atomic E-state index is -0.212. The lowest BCUT2D eigenvalue weighted by Gasteiger charge is -2.36. The summed E-state index contributed by atoms with van der Waals surface area (Å²) in [6.07, 6.45) is 2.84. The van der Waals surface area contributed by atoms with Crippen LogP contribution < -0.4 is 11.1 Å². The fourth-order valence-electron chi connectivity index (χ4n) is 1.97. The Morgan fingerprint density at radius 3 is 2.46 bits per heavy atom. The second-order valence-corrected chi connectivity index (χ2v) is 4.57. The molecule has 1 atom stereocenters. The maximum atomic E-state index is 10.9. The molecule has 76 valence electrons. The molecule has 0 aromatic heterocycles. The summed E-state index contributed by atoms with van der Waals surface area (Å²) >= 11 is 0. The molecule has 1 aliphatic carbocycles. The van der Waals surface area contributed by atoms with Gasteiger partial charge in [0.1, 0.15) is 0 Å². The quantitative estimate of drug-likeness (QED) is 0.670.